The van der Waals surface area contributed by atoms with Crippen LogP contribution < -0.4 is 10.6 Å². The van der Waals surface area contributed by atoms with Crippen molar-refractivity contribution in [3.63, 3.8) is 0 Å². The van der Waals surface area contributed by atoms with Gasteiger partial charge in [-0.25, -0.2) is 9.78 Å². The standard InChI is InChI=1S/C20H18ClN3O.C11H21N3O/c1-24-12-22-11-19(24)20(25-2)17-8-14-4-3-7-23-18(14)9-13-5-6-15(21)10-16(13)17;15-11(14-8-6-12-7-9-14)13-10-4-2-1-3-5-10/h3-8,10-12,20H,9H2,1-2H3;10,12H,1-9H2,(H,13,15). The summed E-state index contributed by atoms with van der Waals surface area (Å²) >= 11 is 6.31. The lowest BCUT2D eigenvalue weighted by molar-refractivity contribution is 0.145. The molecule has 9 heteroatoms. The zero-order valence-electron chi connectivity index (χ0n) is 23.4. The van der Waals surface area contributed by atoms with E-state index in [1.165, 1.54) is 24.8 Å². The number of benzene rings is 1. The van der Waals surface area contributed by atoms with Gasteiger partial charge in [0.25, 0.3) is 0 Å². The molecule has 1 saturated heterocycles. The largest absolute Gasteiger partial charge is 0.370 e. The van der Waals surface area contributed by atoms with Crippen LogP contribution in [0.15, 0.2) is 49.1 Å². The van der Waals surface area contributed by atoms with Crippen LogP contribution >= 0.6 is 11.6 Å². The highest BCUT2D eigenvalue weighted by Crippen LogP contribution is 2.39. The Hall–Kier alpha value is -3.20. The number of urea groups is 1. The van der Waals surface area contributed by atoms with E-state index in [0.717, 1.165) is 73.5 Å². The second-order valence-corrected chi connectivity index (χ2v) is 11.1. The van der Waals surface area contributed by atoms with Gasteiger partial charge in [0.05, 0.1) is 23.9 Å². The second-order valence-electron chi connectivity index (χ2n) is 10.7. The Morgan fingerprint density at radius 3 is 2.70 bits per heavy atom. The first-order valence-corrected chi connectivity index (χ1v) is 14.6. The van der Waals surface area contributed by atoms with Gasteiger partial charge in [-0.15, -0.1) is 0 Å². The fourth-order valence-corrected chi connectivity index (χ4v) is 5.92. The number of hydrogen-bond donors (Lipinski definition) is 2. The summed E-state index contributed by atoms with van der Waals surface area (Å²) in [5.41, 5.74) is 6.51. The lowest BCUT2D eigenvalue weighted by Gasteiger charge is -2.31. The van der Waals surface area contributed by atoms with Crippen molar-refractivity contribution in [2.45, 2.75) is 50.7 Å². The molecule has 2 aromatic heterocycles. The smallest absolute Gasteiger partial charge is 0.317 e. The van der Waals surface area contributed by atoms with Gasteiger partial charge >= 0.3 is 6.03 Å². The van der Waals surface area contributed by atoms with E-state index >= 15 is 0 Å². The van der Waals surface area contributed by atoms with Gasteiger partial charge in [0.1, 0.15) is 6.10 Å². The summed E-state index contributed by atoms with van der Waals surface area (Å²) in [6.07, 6.45) is 14.4. The van der Waals surface area contributed by atoms with E-state index in [1.807, 2.05) is 47.1 Å². The van der Waals surface area contributed by atoms with E-state index in [1.54, 1.807) is 13.4 Å². The quantitative estimate of drug-likeness (QED) is 0.454. The van der Waals surface area contributed by atoms with Crippen molar-refractivity contribution in [2.75, 3.05) is 33.3 Å². The molecule has 1 atom stereocenters. The van der Waals surface area contributed by atoms with Crippen molar-refractivity contribution in [3.8, 4) is 0 Å². The van der Waals surface area contributed by atoms with Gasteiger partial charge in [-0.3, -0.25) is 4.98 Å². The van der Waals surface area contributed by atoms with Crippen molar-refractivity contribution >= 4 is 29.3 Å². The summed E-state index contributed by atoms with van der Waals surface area (Å²) in [4.78, 5) is 22.6. The van der Waals surface area contributed by atoms with Gasteiger partial charge in [0.15, 0.2) is 0 Å². The predicted octanol–water partition coefficient (Wildman–Crippen LogP) is 5.23. The SMILES string of the molecule is COC(C1=Cc2cccnc2Cc2ccc(Cl)cc21)c1cncn1C.O=C(NC1CCCCC1)N1CCNCC1. The molecule has 8 nitrogen and oxygen atoms in total. The monoisotopic (exact) mass is 562 g/mol. The summed E-state index contributed by atoms with van der Waals surface area (Å²) in [5.74, 6) is 0. The van der Waals surface area contributed by atoms with Gasteiger partial charge in [0, 0.05) is 64.0 Å². The molecule has 1 aromatic carbocycles. The van der Waals surface area contributed by atoms with Gasteiger partial charge < -0.3 is 24.8 Å². The van der Waals surface area contributed by atoms with Crippen LogP contribution in [0.25, 0.3) is 11.6 Å². The van der Waals surface area contributed by atoms with Crippen molar-refractivity contribution in [2.24, 2.45) is 7.05 Å². The molecule has 3 aliphatic rings. The molecular formula is C31H39ClN6O2. The number of nitrogens with zero attached hydrogens (tertiary/aromatic N) is 4. The summed E-state index contributed by atoms with van der Waals surface area (Å²) in [7, 11) is 3.69. The number of carbonyl (C=O) groups excluding carboxylic acids is 1. The van der Waals surface area contributed by atoms with Crippen LogP contribution in [0.2, 0.25) is 5.02 Å². The zero-order valence-corrected chi connectivity index (χ0v) is 24.2. The highest BCUT2D eigenvalue weighted by molar-refractivity contribution is 6.30. The van der Waals surface area contributed by atoms with Crippen molar-refractivity contribution < 1.29 is 9.53 Å². The van der Waals surface area contributed by atoms with Crippen molar-refractivity contribution in [1.82, 2.24) is 30.1 Å². The van der Waals surface area contributed by atoms with E-state index in [0.29, 0.717) is 11.1 Å². The number of ether oxygens (including phenoxy) is 1. The summed E-state index contributed by atoms with van der Waals surface area (Å²) < 4.78 is 7.87. The van der Waals surface area contributed by atoms with Crippen molar-refractivity contribution in [1.29, 1.82) is 0 Å². The number of imidazole rings is 1. The highest BCUT2D eigenvalue weighted by atomic mass is 35.5. The topological polar surface area (TPSA) is 84.3 Å². The molecule has 0 spiro atoms. The van der Waals surface area contributed by atoms with Crippen LogP contribution in [-0.4, -0.2) is 64.8 Å². The first-order valence-electron chi connectivity index (χ1n) is 14.2. The first-order chi connectivity index (χ1) is 19.5. The molecule has 0 radical (unpaired) electrons. The lowest BCUT2D eigenvalue weighted by atomic mass is 9.93. The maximum absolute atomic E-state index is 11.9. The number of piperazine rings is 1. The molecule has 2 amide bonds. The van der Waals surface area contributed by atoms with Crippen LogP contribution in [0, 0.1) is 0 Å². The Balaban J connectivity index is 0.000000184. The Labute approximate surface area is 241 Å². The van der Waals surface area contributed by atoms with E-state index in [2.05, 4.69) is 38.8 Å². The molecule has 212 valence electrons. The Bertz CT molecular complexity index is 1330. The minimum atomic E-state index is -0.240. The maximum Gasteiger partial charge on any atom is 0.317 e. The summed E-state index contributed by atoms with van der Waals surface area (Å²) in [5, 5.41) is 7.11. The number of methoxy groups -OCH3 is 1. The number of halogens is 1. The molecular weight excluding hydrogens is 524 g/mol. The fourth-order valence-electron chi connectivity index (χ4n) is 5.75. The molecule has 40 heavy (non-hydrogen) atoms. The van der Waals surface area contributed by atoms with Crippen LogP contribution in [0.5, 0.6) is 0 Å². The number of fused-ring (bicyclic) bond motifs is 2. The molecule has 1 aliphatic heterocycles. The third kappa shape index (κ3) is 6.74. The number of nitrogens with one attached hydrogen (secondary N) is 2. The van der Waals surface area contributed by atoms with E-state index in [9.17, 15) is 4.79 Å². The normalized spacial score (nSPS) is 17.9. The van der Waals surface area contributed by atoms with Crippen LogP contribution in [0.3, 0.4) is 0 Å². The molecule has 2 N–H and O–H groups in total. The average Bonchev–Trinajstić information content (AvgIpc) is 3.33. The number of carbonyl (C=O) groups is 1. The molecule has 3 aromatic rings. The first kappa shape index (κ1) is 28.3. The third-order valence-corrected chi connectivity index (χ3v) is 8.19. The van der Waals surface area contributed by atoms with Gasteiger partial charge in [0.2, 0.25) is 0 Å². The lowest BCUT2D eigenvalue weighted by Crippen LogP contribution is -2.52. The number of amides is 2. The van der Waals surface area contributed by atoms with E-state index in [4.69, 9.17) is 16.3 Å². The number of aryl methyl sites for hydroxylation is 1. The molecule has 1 saturated carbocycles. The third-order valence-electron chi connectivity index (χ3n) is 7.95. The number of aromatic nitrogens is 3. The number of rotatable bonds is 4. The van der Waals surface area contributed by atoms with Crippen LogP contribution in [0.4, 0.5) is 4.79 Å². The second kappa shape index (κ2) is 13.4. The number of pyridine rings is 1. The van der Waals surface area contributed by atoms with Gasteiger partial charge in [-0.2, -0.15) is 0 Å². The average molecular weight is 563 g/mol. The van der Waals surface area contributed by atoms with E-state index < -0.39 is 0 Å². The highest BCUT2D eigenvalue weighted by Gasteiger charge is 2.26. The van der Waals surface area contributed by atoms with E-state index in [-0.39, 0.29) is 12.1 Å². The summed E-state index contributed by atoms with van der Waals surface area (Å²) in [6.45, 7) is 3.55. The Morgan fingerprint density at radius 1 is 1.18 bits per heavy atom. The van der Waals surface area contributed by atoms with Gasteiger partial charge in [-0.1, -0.05) is 43.0 Å². The maximum atomic E-state index is 11.9. The fraction of sp³-hybridized carbons (Fsp3) is 0.452. The minimum absolute atomic E-state index is 0.142. The molecule has 2 aliphatic carbocycles. The Morgan fingerprint density at radius 2 is 1.98 bits per heavy atom. The van der Waals surface area contributed by atoms with Gasteiger partial charge in [-0.05, 0) is 59.4 Å². The molecule has 3 heterocycles. The summed E-state index contributed by atoms with van der Waals surface area (Å²) in [6, 6.07) is 10.6. The number of hydrogen-bond acceptors (Lipinski definition) is 5. The molecule has 6 rings (SSSR count). The molecule has 2 fully saturated rings. The Kier molecular flexibility index (Phi) is 9.52. The van der Waals surface area contributed by atoms with Crippen LogP contribution in [-0.2, 0) is 18.2 Å². The van der Waals surface area contributed by atoms with Crippen LogP contribution in [0.1, 0.15) is 66.3 Å². The molecule has 0 bridgehead atoms. The predicted molar refractivity (Wildman–Crippen MR) is 159 cm³/mol. The molecule has 1 unspecified atom stereocenters. The zero-order chi connectivity index (χ0) is 27.9. The minimum Gasteiger partial charge on any atom is -0.370 e. The van der Waals surface area contributed by atoms with Crippen molar-refractivity contribution in [3.05, 3.63) is 82.2 Å².